The van der Waals surface area contributed by atoms with Crippen molar-refractivity contribution >= 4 is 11.6 Å². The Hall–Kier alpha value is -1.32. The van der Waals surface area contributed by atoms with Gasteiger partial charge in [-0.05, 0) is 37.5 Å². The lowest BCUT2D eigenvalue weighted by Gasteiger charge is -2.13. The van der Waals surface area contributed by atoms with Crippen LogP contribution in [0.15, 0.2) is 30.5 Å². The fourth-order valence-electron chi connectivity index (χ4n) is 2.36. The van der Waals surface area contributed by atoms with E-state index >= 15 is 0 Å². The first-order valence-corrected chi connectivity index (χ1v) is 7.45. The third kappa shape index (κ3) is 4.09. The van der Waals surface area contributed by atoms with E-state index in [4.69, 9.17) is 11.6 Å². The molecule has 1 N–H and O–H groups in total. The smallest absolute Gasteiger partial charge is 0.0666 e. The summed E-state index contributed by atoms with van der Waals surface area (Å²) < 4.78 is 1.89. The van der Waals surface area contributed by atoms with E-state index in [0.29, 0.717) is 6.04 Å². The minimum absolute atomic E-state index is 0.418. The number of hydrogen-bond acceptors (Lipinski definition) is 2. The first-order valence-electron chi connectivity index (χ1n) is 7.07. The topological polar surface area (TPSA) is 29.9 Å². The molecule has 2 aromatic rings. The maximum atomic E-state index is 5.90. The van der Waals surface area contributed by atoms with E-state index in [9.17, 15) is 0 Å². The molecule has 0 aliphatic rings. The molecule has 1 heterocycles. The molecule has 1 unspecified atom stereocenters. The summed E-state index contributed by atoms with van der Waals surface area (Å²) in [5.41, 5.74) is 3.77. The van der Waals surface area contributed by atoms with E-state index in [2.05, 4.69) is 42.6 Å². The molecule has 1 aromatic carbocycles. The highest BCUT2D eigenvalue weighted by Gasteiger charge is 2.08. The van der Waals surface area contributed by atoms with Gasteiger partial charge in [0.2, 0.25) is 0 Å². The summed E-state index contributed by atoms with van der Waals surface area (Å²) in [7, 11) is 1.97. The van der Waals surface area contributed by atoms with E-state index in [1.54, 1.807) is 0 Å². The van der Waals surface area contributed by atoms with Crippen LogP contribution in [0.3, 0.4) is 0 Å². The van der Waals surface area contributed by atoms with Crippen molar-refractivity contribution in [2.75, 3.05) is 0 Å². The molecule has 108 valence electrons. The third-order valence-electron chi connectivity index (χ3n) is 3.42. The quantitative estimate of drug-likeness (QED) is 0.884. The molecule has 3 nitrogen and oxygen atoms in total. The standard InChI is InChI=1S/C16H22ClN3/c1-4-16-14(11-20(3)19-16)10-18-12(2)9-13-5-7-15(17)8-6-13/h5-8,11-12,18H,4,9-10H2,1-3H3. The molecule has 0 radical (unpaired) electrons. The highest BCUT2D eigenvalue weighted by Crippen LogP contribution is 2.12. The van der Waals surface area contributed by atoms with E-state index in [1.165, 1.54) is 16.8 Å². The van der Waals surface area contributed by atoms with Crippen LogP contribution in [-0.2, 0) is 26.4 Å². The number of nitrogens with one attached hydrogen (secondary N) is 1. The molecule has 4 heteroatoms. The minimum atomic E-state index is 0.418. The minimum Gasteiger partial charge on any atom is -0.310 e. The fraction of sp³-hybridized carbons (Fsp3) is 0.438. The van der Waals surface area contributed by atoms with E-state index in [1.807, 2.05) is 23.9 Å². The van der Waals surface area contributed by atoms with Gasteiger partial charge in [-0.2, -0.15) is 5.10 Å². The van der Waals surface area contributed by atoms with Crippen LogP contribution in [0, 0.1) is 0 Å². The first kappa shape index (κ1) is 15.1. The van der Waals surface area contributed by atoms with Gasteiger partial charge in [-0.25, -0.2) is 0 Å². The fourth-order valence-corrected chi connectivity index (χ4v) is 2.49. The molecule has 0 fully saturated rings. The van der Waals surface area contributed by atoms with Crippen molar-refractivity contribution < 1.29 is 0 Å². The van der Waals surface area contributed by atoms with Crippen molar-refractivity contribution in [1.82, 2.24) is 15.1 Å². The van der Waals surface area contributed by atoms with Crippen LogP contribution in [0.5, 0.6) is 0 Å². The summed E-state index contributed by atoms with van der Waals surface area (Å²) in [5, 5.41) is 8.82. The van der Waals surface area contributed by atoms with Gasteiger partial charge in [-0.3, -0.25) is 4.68 Å². The average molecular weight is 292 g/mol. The number of nitrogens with zero attached hydrogens (tertiary/aromatic N) is 2. The molecule has 1 aromatic heterocycles. The molecule has 0 saturated heterocycles. The van der Waals surface area contributed by atoms with E-state index < -0.39 is 0 Å². The Kier molecular flexibility index (Phi) is 5.21. The summed E-state index contributed by atoms with van der Waals surface area (Å²) in [5.74, 6) is 0. The second-order valence-corrected chi connectivity index (χ2v) is 5.68. The first-order chi connectivity index (χ1) is 9.58. The zero-order valence-electron chi connectivity index (χ0n) is 12.4. The molecule has 0 spiro atoms. The van der Waals surface area contributed by atoms with Crippen LogP contribution in [0.1, 0.15) is 30.7 Å². The number of halogens is 1. The van der Waals surface area contributed by atoms with Crippen molar-refractivity contribution in [3.05, 3.63) is 52.3 Å². The average Bonchev–Trinajstić information content (AvgIpc) is 2.79. The van der Waals surface area contributed by atoms with E-state index in [0.717, 1.165) is 24.4 Å². The largest absolute Gasteiger partial charge is 0.310 e. The second-order valence-electron chi connectivity index (χ2n) is 5.24. The Bertz CT molecular complexity index is 545. The van der Waals surface area contributed by atoms with Crippen molar-refractivity contribution in [1.29, 1.82) is 0 Å². The van der Waals surface area contributed by atoms with Crippen LogP contribution in [-0.4, -0.2) is 15.8 Å². The SMILES string of the molecule is CCc1nn(C)cc1CNC(C)Cc1ccc(Cl)cc1. The zero-order valence-corrected chi connectivity index (χ0v) is 13.1. The highest BCUT2D eigenvalue weighted by atomic mass is 35.5. The maximum absolute atomic E-state index is 5.90. The van der Waals surface area contributed by atoms with Gasteiger partial charge in [0.15, 0.2) is 0 Å². The lowest BCUT2D eigenvalue weighted by Crippen LogP contribution is -2.27. The molecule has 0 aliphatic carbocycles. The predicted octanol–water partition coefficient (Wildman–Crippen LogP) is 3.36. The van der Waals surface area contributed by atoms with Gasteiger partial charge < -0.3 is 5.32 Å². The lowest BCUT2D eigenvalue weighted by atomic mass is 10.1. The van der Waals surface area contributed by atoms with Crippen molar-refractivity contribution in [3.8, 4) is 0 Å². The van der Waals surface area contributed by atoms with Gasteiger partial charge >= 0.3 is 0 Å². The van der Waals surface area contributed by atoms with Crippen LogP contribution >= 0.6 is 11.6 Å². The monoisotopic (exact) mass is 291 g/mol. The Balaban J connectivity index is 1.88. The zero-order chi connectivity index (χ0) is 14.5. The summed E-state index contributed by atoms with van der Waals surface area (Å²) in [6.07, 6.45) is 4.07. The molecule has 20 heavy (non-hydrogen) atoms. The molecule has 0 bridgehead atoms. The van der Waals surface area contributed by atoms with Crippen molar-refractivity contribution in [3.63, 3.8) is 0 Å². The Morgan fingerprint density at radius 2 is 2.00 bits per heavy atom. The number of aromatic nitrogens is 2. The second kappa shape index (κ2) is 6.91. The van der Waals surface area contributed by atoms with Gasteiger partial charge in [0.05, 0.1) is 5.69 Å². The van der Waals surface area contributed by atoms with E-state index in [-0.39, 0.29) is 0 Å². The molecule has 0 amide bonds. The van der Waals surface area contributed by atoms with Gasteiger partial charge in [0.25, 0.3) is 0 Å². The van der Waals surface area contributed by atoms with Gasteiger partial charge in [-0.1, -0.05) is 30.7 Å². The predicted molar refractivity (Wildman–Crippen MR) is 84.0 cm³/mol. The molecular weight excluding hydrogens is 270 g/mol. The number of rotatable bonds is 6. The molecule has 2 rings (SSSR count). The van der Waals surface area contributed by atoms with Gasteiger partial charge in [0.1, 0.15) is 0 Å². The lowest BCUT2D eigenvalue weighted by molar-refractivity contribution is 0.544. The van der Waals surface area contributed by atoms with Crippen LogP contribution < -0.4 is 5.32 Å². The van der Waals surface area contributed by atoms with Crippen molar-refractivity contribution in [2.24, 2.45) is 7.05 Å². The summed E-state index contributed by atoms with van der Waals surface area (Å²) >= 11 is 5.90. The third-order valence-corrected chi connectivity index (χ3v) is 3.67. The maximum Gasteiger partial charge on any atom is 0.0666 e. The van der Waals surface area contributed by atoms with Crippen molar-refractivity contribution in [2.45, 2.75) is 39.3 Å². The summed E-state index contributed by atoms with van der Waals surface area (Å²) in [6, 6.07) is 8.48. The molecule has 0 aliphatic heterocycles. The highest BCUT2D eigenvalue weighted by molar-refractivity contribution is 6.30. The van der Waals surface area contributed by atoms with Gasteiger partial charge in [-0.15, -0.1) is 0 Å². The van der Waals surface area contributed by atoms with Crippen LogP contribution in [0.4, 0.5) is 0 Å². The van der Waals surface area contributed by atoms with Crippen LogP contribution in [0.2, 0.25) is 5.02 Å². The molecule has 0 saturated carbocycles. The van der Waals surface area contributed by atoms with Gasteiger partial charge in [0, 0.05) is 36.4 Å². The number of aryl methyl sites for hydroxylation is 2. The normalized spacial score (nSPS) is 12.6. The Morgan fingerprint density at radius 3 is 2.65 bits per heavy atom. The molecular formula is C16H22ClN3. The number of hydrogen-bond donors (Lipinski definition) is 1. The summed E-state index contributed by atoms with van der Waals surface area (Å²) in [6.45, 7) is 5.21. The summed E-state index contributed by atoms with van der Waals surface area (Å²) in [4.78, 5) is 0. The number of benzene rings is 1. The Morgan fingerprint density at radius 1 is 1.30 bits per heavy atom. The van der Waals surface area contributed by atoms with Crippen LogP contribution in [0.25, 0.3) is 0 Å². The Labute approximate surface area is 126 Å². The molecule has 1 atom stereocenters.